The number of amides is 2. The zero-order valence-corrected chi connectivity index (χ0v) is 16.4. The molecule has 2 amide bonds. The lowest BCUT2D eigenvalue weighted by Gasteiger charge is -2.35. The molecule has 1 heterocycles. The summed E-state index contributed by atoms with van der Waals surface area (Å²) in [5.74, 6) is -0.541. The van der Waals surface area contributed by atoms with Crippen molar-refractivity contribution in [3.63, 3.8) is 0 Å². The highest BCUT2D eigenvalue weighted by atomic mass is 16.5. The van der Waals surface area contributed by atoms with Gasteiger partial charge in [-0.2, -0.15) is 0 Å². The molecule has 6 nitrogen and oxygen atoms in total. The number of carbonyl (C=O) groups is 2. The Hall–Kier alpha value is -2.70. The number of nitrogens with zero attached hydrogens (tertiary/aromatic N) is 1. The Bertz CT molecular complexity index is 808. The van der Waals surface area contributed by atoms with Gasteiger partial charge < -0.3 is 15.8 Å². The molecule has 1 aliphatic rings. The highest BCUT2D eigenvalue weighted by Gasteiger charge is 2.22. The highest BCUT2D eigenvalue weighted by Crippen LogP contribution is 2.16. The van der Waals surface area contributed by atoms with Crippen LogP contribution >= 0.6 is 0 Å². The van der Waals surface area contributed by atoms with E-state index in [1.54, 1.807) is 24.3 Å². The standard InChI is InChI=1S/C22H27N3O3/c1-15-12-25(13-16(2)28-15)14-18-3-7-19(8-4-18)22(27)24-20-9-5-17(6-10-20)11-21(23)26/h3-10,15-16H,11-14H2,1-2H3,(H2,23,26)(H,24,27). The lowest BCUT2D eigenvalue weighted by Crippen LogP contribution is -2.44. The van der Waals surface area contributed by atoms with E-state index in [1.807, 2.05) is 24.3 Å². The second-order valence-electron chi connectivity index (χ2n) is 7.44. The van der Waals surface area contributed by atoms with Crippen LogP contribution in [0.25, 0.3) is 0 Å². The minimum Gasteiger partial charge on any atom is -0.373 e. The monoisotopic (exact) mass is 381 g/mol. The molecule has 0 spiro atoms. The third-order valence-corrected chi connectivity index (χ3v) is 4.71. The molecule has 2 aromatic rings. The zero-order chi connectivity index (χ0) is 20.1. The number of anilines is 1. The van der Waals surface area contributed by atoms with Gasteiger partial charge in [-0.3, -0.25) is 14.5 Å². The van der Waals surface area contributed by atoms with Gasteiger partial charge >= 0.3 is 0 Å². The fourth-order valence-electron chi connectivity index (χ4n) is 3.54. The molecule has 1 saturated heterocycles. The Balaban J connectivity index is 1.56. The summed E-state index contributed by atoms with van der Waals surface area (Å²) in [5, 5.41) is 2.87. The zero-order valence-electron chi connectivity index (χ0n) is 16.4. The molecular weight excluding hydrogens is 354 g/mol. The number of benzene rings is 2. The van der Waals surface area contributed by atoms with Crippen molar-refractivity contribution in [2.24, 2.45) is 5.73 Å². The molecule has 3 rings (SSSR count). The third kappa shape index (κ3) is 5.65. The van der Waals surface area contributed by atoms with Gasteiger partial charge in [0.2, 0.25) is 5.91 Å². The minimum absolute atomic E-state index is 0.164. The molecule has 0 bridgehead atoms. The van der Waals surface area contributed by atoms with E-state index in [0.29, 0.717) is 11.3 Å². The van der Waals surface area contributed by atoms with Crippen molar-refractivity contribution in [3.8, 4) is 0 Å². The lowest BCUT2D eigenvalue weighted by molar-refractivity contribution is -0.117. The van der Waals surface area contributed by atoms with Crippen LogP contribution in [0.5, 0.6) is 0 Å². The Kier molecular flexibility index (Phi) is 6.44. The number of hydrogen-bond donors (Lipinski definition) is 2. The number of carbonyl (C=O) groups excluding carboxylic acids is 2. The number of nitrogens with two attached hydrogens (primary N) is 1. The Morgan fingerprint density at radius 1 is 1.00 bits per heavy atom. The van der Waals surface area contributed by atoms with E-state index in [1.165, 1.54) is 5.56 Å². The first-order valence-corrected chi connectivity index (χ1v) is 9.54. The predicted octanol–water partition coefficient (Wildman–Crippen LogP) is 2.58. The quantitative estimate of drug-likeness (QED) is 0.805. The van der Waals surface area contributed by atoms with E-state index >= 15 is 0 Å². The normalized spacial score (nSPS) is 19.9. The van der Waals surface area contributed by atoms with Crippen LogP contribution in [0.15, 0.2) is 48.5 Å². The SMILES string of the molecule is CC1CN(Cc2ccc(C(=O)Nc3ccc(CC(N)=O)cc3)cc2)CC(C)O1. The van der Waals surface area contributed by atoms with Crippen LogP contribution in [0.3, 0.4) is 0 Å². The van der Waals surface area contributed by atoms with Crippen LogP contribution in [0.4, 0.5) is 5.69 Å². The van der Waals surface area contributed by atoms with Crippen molar-refractivity contribution in [3.05, 3.63) is 65.2 Å². The molecule has 2 unspecified atom stereocenters. The Morgan fingerprint density at radius 3 is 2.14 bits per heavy atom. The van der Waals surface area contributed by atoms with Gasteiger partial charge in [-0.25, -0.2) is 0 Å². The molecule has 0 saturated carbocycles. The second kappa shape index (κ2) is 8.99. The summed E-state index contributed by atoms with van der Waals surface area (Å²) in [5.41, 5.74) is 8.47. The summed E-state index contributed by atoms with van der Waals surface area (Å²) >= 11 is 0. The molecule has 0 radical (unpaired) electrons. The first-order chi connectivity index (χ1) is 13.4. The summed E-state index contributed by atoms with van der Waals surface area (Å²) in [4.78, 5) is 25.8. The van der Waals surface area contributed by atoms with E-state index in [9.17, 15) is 9.59 Å². The maximum Gasteiger partial charge on any atom is 0.255 e. The van der Waals surface area contributed by atoms with Crippen LogP contribution in [0.2, 0.25) is 0 Å². The molecule has 0 aliphatic carbocycles. The molecule has 3 N–H and O–H groups in total. The Labute approximate surface area is 165 Å². The number of ether oxygens (including phenoxy) is 1. The minimum atomic E-state index is -0.377. The van der Waals surface area contributed by atoms with Crippen molar-refractivity contribution in [1.29, 1.82) is 0 Å². The van der Waals surface area contributed by atoms with Crippen molar-refractivity contribution in [1.82, 2.24) is 4.90 Å². The van der Waals surface area contributed by atoms with Crippen molar-refractivity contribution >= 4 is 17.5 Å². The van der Waals surface area contributed by atoms with Gasteiger partial charge in [0, 0.05) is 30.9 Å². The fourth-order valence-corrected chi connectivity index (χ4v) is 3.54. The first-order valence-electron chi connectivity index (χ1n) is 9.54. The van der Waals surface area contributed by atoms with E-state index in [4.69, 9.17) is 10.5 Å². The van der Waals surface area contributed by atoms with Gasteiger partial charge in [-0.15, -0.1) is 0 Å². The third-order valence-electron chi connectivity index (χ3n) is 4.71. The molecule has 2 atom stereocenters. The molecular formula is C22H27N3O3. The van der Waals surface area contributed by atoms with Gasteiger partial charge in [-0.1, -0.05) is 24.3 Å². The second-order valence-corrected chi connectivity index (χ2v) is 7.44. The van der Waals surface area contributed by atoms with Gasteiger partial charge in [0.25, 0.3) is 5.91 Å². The van der Waals surface area contributed by atoms with Gasteiger partial charge in [-0.05, 0) is 49.2 Å². The molecule has 148 valence electrons. The van der Waals surface area contributed by atoms with E-state index in [0.717, 1.165) is 25.2 Å². The van der Waals surface area contributed by atoms with Crippen LogP contribution in [0, 0.1) is 0 Å². The highest BCUT2D eigenvalue weighted by molar-refractivity contribution is 6.04. The fraction of sp³-hybridized carbons (Fsp3) is 0.364. The number of morpholine rings is 1. The van der Waals surface area contributed by atoms with Crippen LogP contribution in [-0.2, 0) is 22.5 Å². The summed E-state index contributed by atoms with van der Waals surface area (Å²) in [7, 11) is 0. The summed E-state index contributed by atoms with van der Waals surface area (Å²) in [6.45, 7) is 6.87. The average Bonchev–Trinajstić information content (AvgIpc) is 2.62. The predicted molar refractivity (Wildman–Crippen MR) is 109 cm³/mol. The van der Waals surface area contributed by atoms with Crippen LogP contribution in [-0.4, -0.2) is 42.0 Å². The lowest BCUT2D eigenvalue weighted by atomic mass is 10.1. The maximum atomic E-state index is 12.5. The Morgan fingerprint density at radius 2 is 1.57 bits per heavy atom. The van der Waals surface area contributed by atoms with Gasteiger partial charge in [0.15, 0.2) is 0 Å². The van der Waals surface area contributed by atoms with Crippen LogP contribution in [0.1, 0.15) is 35.3 Å². The molecule has 6 heteroatoms. The number of hydrogen-bond acceptors (Lipinski definition) is 4. The molecule has 2 aromatic carbocycles. The number of nitrogens with one attached hydrogen (secondary N) is 1. The molecule has 1 fully saturated rings. The number of rotatable bonds is 6. The number of primary amides is 1. The summed E-state index contributed by atoms with van der Waals surface area (Å²) in [6.07, 6.45) is 0.669. The van der Waals surface area contributed by atoms with Gasteiger partial charge in [0.05, 0.1) is 18.6 Å². The van der Waals surface area contributed by atoms with Gasteiger partial charge in [0.1, 0.15) is 0 Å². The molecule has 0 aromatic heterocycles. The molecule has 1 aliphatic heterocycles. The van der Waals surface area contributed by atoms with Crippen molar-refractivity contribution in [2.45, 2.75) is 39.0 Å². The van der Waals surface area contributed by atoms with E-state index in [2.05, 4.69) is 24.1 Å². The van der Waals surface area contributed by atoms with Crippen molar-refractivity contribution < 1.29 is 14.3 Å². The molecule has 28 heavy (non-hydrogen) atoms. The van der Waals surface area contributed by atoms with E-state index < -0.39 is 0 Å². The summed E-state index contributed by atoms with van der Waals surface area (Å²) in [6, 6.07) is 14.8. The summed E-state index contributed by atoms with van der Waals surface area (Å²) < 4.78 is 5.77. The average molecular weight is 381 g/mol. The largest absolute Gasteiger partial charge is 0.373 e. The topological polar surface area (TPSA) is 84.7 Å². The smallest absolute Gasteiger partial charge is 0.255 e. The first kappa shape index (κ1) is 20.0. The maximum absolute atomic E-state index is 12.5. The van der Waals surface area contributed by atoms with Crippen molar-refractivity contribution in [2.75, 3.05) is 18.4 Å². The van der Waals surface area contributed by atoms with Crippen LogP contribution < -0.4 is 11.1 Å². The van der Waals surface area contributed by atoms with E-state index in [-0.39, 0.29) is 30.4 Å².